The van der Waals surface area contributed by atoms with Gasteiger partial charge in [0.15, 0.2) is 5.69 Å². The van der Waals surface area contributed by atoms with Crippen molar-refractivity contribution in [3.05, 3.63) is 18.0 Å². The van der Waals surface area contributed by atoms with E-state index in [4.69, 9.17) is 0 Å². The summed E-state index contributed by atoms with van der Waals surface area (Å²) < 4.78 is 37.5. The molecule has 0 aromatic carbocycles. The summed E-state index contributed by atoms with van der Waals surface area (Å²) in [6.07, 6.45) is -1.43. The van der Waals surface area contributed by atoms with Crippen molar-refractivity contribution >= 4 is 5.91 Å². The minimum atomic E-state index is -4.46. The van der Waals surface area contributed by atoms with Crippen LogP contribution in [0.25, 0.3) is 0 Å². The van der Waals surface area contributed by atoms with Crippen LogP contribution in [-0.4, -0.2) is 21.7 Å². The van der Waals surface area contributed by atoms with Crippen molar-refractivity contribution in [3.63, 3.8) is 0 Å². The Bertz CT molecular complexity index is 395. The number of nitrogens with one attached hydrogen (secondary N) is 1. The molecule has 88 valence electrons. The fourth-order valence-electron chi connectivity index (χ4n) is 1.25. The molecule has 4 nitrogen and oxygen atoms in total. The van der Waals surface area contributed by atoms with Gasteiger partial charge in [-0.15, -0.1) is 0 Å². The number of nitrogens with zero attached hydrogens (tertiary/aromatic N) is 2. The van der Waals surface area contributed by atoms with E-state index in [9.17, 15) is 18.0 Å². The fraction of sp³-hybridized carbons (Fsp3) is 0.556. The van der Waals surface area contributed by atoms with Crippen LogP contribution in [0.2, 0.25) is 0 Å². The van der Waals surface area contributed by atoms with Gasteiger partial charge in [-0.25, -0.2) is 0 Å². The van der Waals surface area contributed by atoms with Crippen LogP contribution >= 0.6 is 0 Å². The molecule has 0 saturated heterocycles. The summed E-state index contributed by atoms with van der Waals surface area (Å²) in [6.45, 7) is -0.174. The van der Waals surface area contributed by atoms with E-state index in [0.29, 0.717) is 0 Å². The number of carbonyl (C=O) groups excluding carboxylic acids is 1. The minimum absolute atomic E-state index is 0.174. The van der Waals surface area contributed by atoms with E-state index in [0.717, 1.165) is 29.8 Å². The Morgan fingerprint density at radius 1 is 1.56 bits per heavy atom. The highest BCUT2D eigenvalue weighted by molar-refractivity contribution is 5.76. The molecule has 0 unspecified atom stereocenters. The van der Waals surface area contributed by atoms with Crippen molar-refractivity contribution in [2.24, 2.45) is 0 Å². The molecule has 1 fully saturated rings. The quantitative estimate of drug-likeness (QED) is 0.852. The van der Waals surface area contributed by atoms with Gasteiger partial charge >= 0.3 is 6.18 Å². The van der Waals surface area contributed by atoms with Crippen molar-refractivity contribution in [2.45, 2.75) is 31.6 Å². The molecule has 2 rings (SSSR count). The smallest absolute Gasteiger partial charge is 0.352 e. The first-order chi connectivity index (χ1) is 7.45. The Balaban J connectivity index is 1.93. The van der Waals surface area contributed by atoms with Crippen molar-refractivity contribution in [3.8, 4) is 0 Å². The second kappa shape index (κ2) is 3.80. The van der Waals surface area contributed by atoms with Crippen LogP contribution in [-0.2, 0) is 17.5 Å². The van der Waals surface area contributed by atoms with Crippen LogP contribution in [0.1, 0.15) is 18.5 Å². The number of alkyl halides is 3. The zero-order valence-electron chi connectivity index (χ0n) is 8.29. The molecule has 7 heteroatoms. The van der Waals surface area contributed by atoms with E-state index in [-0.39, 0.29) is 18.5 Å². The van der Waals surface area contributed by atoms with Gasteiger partial charge in [0.05, 0.1) is 0 Å². The molecule has 16 heavy (non-hydrogen) atoms. The topological polar surface area (TPSA) is 46.9 Å². The molecule has 1 aliphatic carbocycles. The molecule has 1 N–H and O–H groups in total. The maximum Gasteiger partial charge on any atom is 0.435 e. The van der Waals surface area contributed by atoms with Gasteiger partial charge in [0.25, 0.3) is 0 Å². The third kappa shape index (κ3) is 2.74. The van der Waals surface area contributed by atoms with Gasteiger partial charge in [-0.3, -0.25) is 9.48 Å². The molecule has 1 aromatic heterocycles. The van der Waals surface area contributed by atoms with Crippen LogP contribution in [0, 0.1) is 0 Å². The molecule has 1 aromatic rings. The first kappa shape index (κ1) is 11.0. The Kier molecular flexibility index (Phi) is 2.61. The third-order valence-corrected chi connectivity index (χ3v) is 2.18. The molecule has 0 radical (unpaired) electrons. The largest absolute Gasteiger partial charge is 0.435 e. The number of halogens is 3. The lowest BCUT2D eigenvalue weighted by Gasteiger charge is -2.03. The summed E-state index contributed by atoms with van der Waals surface area (Å²) in [5, 5.41) is 5.95. The van der Waals surface area contributed by atoms with Crippen molar-refractivity contribution in [1.29, 1.82) is 0 Å². The average molecular weight is 233 g/mol. The Morgan fingerprint density at radius 2 is 2.25 bits per heavy atom. The lowest BCUT2D eigenvalue weighted by molar-refractivity contribution is -0.141. The van der Waals surface area contributed by atoms with E-state index in [1.807, 2.05) is 0 Å². The summed E-state index contributed by atoms with van der Waals surface area (Å²) >= 11 is 0. The number of carbonyl (C=O) groups is 1. The highest BCUT2D eigenvalue weighted by atomic mass is 19.4. The first-order valence-electron chi connectivity index (χ1n) is 4.85. The number of amides is 1. The average Bonchev–Trinajstić information content (AvgIpc) is 2.80. The predicted octanol–water partition coefficient (Wildman–Crippen LogP) is 1.18. The minimum Gasteiger partial charge on any atom is -0.352 e. The Hall–Kier alpha value is -1.53. The second-order valence-electron chi connectivity index (χ2n) is 3.74. The van der Waals surface area contributed by atoms with Gasteiger partial charge in [-0.1, -0.05) is 0 Å². The van der Waals surface area contributed by atoms with E-state index in [1.54, 1.807) is 0 Å². The van der Waals surface area contributed by atoms with Crippen LogP contribution < -0.4 is 5.32 Å². The van der Waals surface area contributed by atoms with Crippen LogP contribution in [0.15, 0.2) is 12.3 Å². The molecule has 0 bridgehead atoms. The van der Waals surface area contributed by atoms with E-state index in [1.165, 1.54) is 0 Å². The van der Waals surface area contributed by atoms with Gasteiger partial charge in [-0.05, 0) is 18.9 Å². The lowest BCUT2D eigenvalue weighted by Crippen LogP contribution is -2.29. The van der Waals surface area contributed by atoms with E-state index >= 15 is 0 Å². The monoisotopic (exact) mass is 233 g/mol. The molecule has 1 heterocycles. The van der Waals surface area contributed by atoms with Gasteiger partial charge < -0.3 is 5.32 Å². The first-order valence-corrected chi connectivity index (χ1v) is 4.85. The molecular formula is C9H10F3N3O. The van der Waals surface area contributed by atoms with Gasteiger partial charge in [0, 0.05) is 12.2 Å². The van der Waals surface area contributed by atoms with Crippen molar-refractivity contribution in [2.75, 3.05) is 0 Å². The number of hydrogen-bond acceptors (Lipinski definition) is 2. The van der Waals surface area contributed by atoms with Gasteiger partial charge in [0.2, 0.25) is 5.91 Å². The number of aromatic nitrogens is 2. The van der Waals surface area contributed by atoms with Crippen LogP contribution in [0.3, 0.4) is 0 Å². The summed E-state index contributed by atoms with van der Waals surface area (Å²) in [6, 6.07) is 1.05. The highest BCUT2D eigenvalue weighted by Crippen LogP contribution is 2.27. The van der Waals surface area contributed by atoms with Crippen LogP contribution in [0.5, 0.6) is 0 Å². The third-order valence-electron chi connectivity index (χ3n) is 2.18. The maximum atomic E-state index is 12.2. The summed E-state index contributed by atoms with van der Waals surface area (Å²) in [5.74, 6) is -0.306. The molecule has 0 spiro atoms. The molecule has 1 saturated carbocycles. The van der Waals surface area contributed by atoms with E-state index in [2.05, 4.69) is 10.4 Å². The summed E-state index contributed by atoms with van der Waals surface area (Å²) in [5.41, 5.74) is -0.980. The van der Waals surface area contributed by atoms with Gasteiger partial charge in [0.1, 0.15) is 6.54 Å². The normalized spacial score (nSPS) is 16.2. The Morgan fingerprint density at radius 3 is 2.75 bits per heavy atom. The molecular weight excluding hydrogens is 223 g/mol. The van der Waals surface area contributed by atoms with Crippen LogP contribution in [0.4, 0.5) is 13.2 Å². The fourth-order valence-corrected chi connectivity index (χ4v) is 1.25. The number of rotatable bonds is 3. The maximum absolute atomic E-state index is 12.2. The molecule has 0 aliphatic heterocycles. The second-order valence-corrected chi connectivity index (χ2v) is 3.74. The molecule has 1 amide bonds. The van der Waals surface area contributed by atoms with Crippen molar-refractivity contribution in [1.82, 2.24) is 15.1 Å². The van der Waals surface area contributed by atoms with Crippen molar-refractivity contribution < 1.29 is 18.0 Å². The zero-order chi connectivity index (χ0) is 11.8. The zero-order valence-corrected chi connectivity index (χ0v) is 8.29. The van der Waals surface area contributed by atoms with E-state index < -0.39 is 11.9 Å². The number of hydrogen-bond donors (Lipinski definition) is 1. The molecule has 1 aliphatic rings. The lowest BCUT2D eigenvalue weighted by atomic mass is 10.4. The predicted molar refractivity (Wildman–Crippen MR) is 48.4 cm³/mol. The SMILES string of the molecule is O=C(Cn1ccc(C(F)(F)F)n1)NC1CC1. The summed E-state index contributed by atoms with van der Waals surface area (Å²) in [7, 11) is 0. The summed E-state index contributed by atoms with van der Waals surface area (Å²) in [4.78, 5) is 11.3. The molecule has 0 atom stereocenters. The standard InChI is InChI=1S/C9H10F3N3O/c10-9(11,12)7-3-4-15(14-7)5-8(16)13-6-1-2-6/h3-4,6H,1-2,5H2,(H,13,16). The Labute approximate surface area is 89.4 Å². The highest BCUT2D eigenvalue weighted by Gasteiger charge is 2.33. The van der Waals surface area contributed by atoms with Gasteiger partial charge in [-0.2, -0.15) is 18.3 Å².